The van der Waals surface area contributed by atoms with Crippen LogP contribution in [0.15, 0.2) is 0 Å². The Morgan fingerprint density at radius 3 is 2.93 bits per heavy atom. The average molecular weight is 209 g/mol. The topological polar surface area (TPSA) is 38.3 Å². The van der Waals surface area contributed by atoms with Crippen LogP contribution in [0.1, 0.15) is 44.9 Å². The fourth-order valence-corrected chi connectivity index (χ4v) is 3.59. The van der Waals surface area contributed by atoms with E-state index in [4.69, 9.17) is 4.84 Å². The molecule has 3 fully saturated rings. The third-order valence-corrected chi connectivity index (χ3v) is 4.34. The first-order chi connectivity index (χ1) is 7.36. The summed E-state index contributed by atoms with van der Waals surface area (Å²) in [6, 6.07) is 0.446. The molecular weight excluding hydrogens is 190 g/mol. The Hall–Kier alpha value is -0.410. The minimum Gasteiger partial charge on any atom is -0.299 e. The van der Waals surface area contributed by atoms with Crippen molar-refractivity contribution in [2.45, 2.75) is 57.1 Å². The second-order valence-corrected chi connectivity index (χ2v) is 5.21. The van der Waals surface area contributed by atoms with E-state index < -0.39 is 0 Å². The second kappa shape index (κ2) is 3.87. The summed E-state index contributed by atoms with van der Waals surface area (Å²) in [6.07, 6.45) is 8.00. The van der Waals surface area contributed by atoms with Crippen molar-refractivity contribution in [2.24, 2.45) is 11.8 Å². The highest BCUT2D eigenvalue weighted by Gasteiger charge is 2.46. The van der Waals surface area contributed by atoms with E-state index in [-0.39, 0.29) is 12.0 Å². The van der Waals surface area contributed by atoms with Crippen molar-refractivity contribution < 1.29 is 9.63 Å². The van der Waals surface area contributed by atoms with E-state index in [2.05, 4.69) is 5.48 Å². The van der Waals surface area contributed by atoms with Gasteiger partial charge in [-0.05, 0) is 31.6 Å². The molecule has 15 heavy (non-hydrogen) atoms. The third kappa shape index (κ3) is 1.62. The molecule has 0 aromatic heterocycles. The number of fused-ring (bicyclic) bond motifs is 3. The Labute approximate surface area is 90.5 Å². The van der Waals surface area contributed by atoms with E-state index in [1.165, 1.54) is 25.7 Å². The van der Waals surface area contributed by atoms with Crippen molar-refractivity contribution in [3.8, 4) is 0 Å². The van der Waals surface area contributed by atoms with Gasteiger partial charge in [0.2, 0.25) is 0 Å². The van der Waals surface area contributed by atoms with Crippen molar-refractivity contribution in [2.75, 3.05) is 0 Å². The third-order valence-electron chi connectivity index (χ3n) is 4.34. The Balaban J connectivity index is 1.82. The van der Waals surface area contributed by atoms with Crippen LogP contribution in [0, 0.1) is 11.8 Å². The molecule has 0 spiro atoms. The summed E-state index contributed by atoms with van der Waals surface area (Å²) in [5.74, 6) is 1.24. The molecule has 1 N–H and O–H groups in total. The zero-order valence-electron chi connectivity index (χ0n) is 9.08. The molecule has 3 aliphatic rings. The van der Waals surface area contributed by atoms with Gasteiger partial charge in [0, 0.05) is 12.5 Å². The maximum atomic E-state index is 12.0. The van der Waals surface area contributed by atoms with Gasteiger partial charge in [0.25, 0.3) is 0 Å². The van der Waals surface area contributed by atoms with Crippen molar-refractivity contribution in [3.05, 3.63) is 0 Å². The van der Waals surface area contributed by atoms with E-state index in [1.54, 1.807) is 0 Å². The van der Waals surface area contributed by atoms with E-state index >= 15 is 0 Å². The number of rotatable bonds is 0. The minimum absolute atomic E-state index is 0.172. The number of nitrogens with one attached hydrogen (secondary N) is 1. The second-order valence-electron chi connectivity index (χ2n) is 5.21. The molecule has 2 saturated carbocycles. The monoisotopic (exact) mass is 209 g/mol. The fourth-order valence-electron chi connectivity index (χ4n) is 3.59. The van der Waals surface area contributed by atoms with Crippen LogP contribution in [0.4, 0.5) is 0 Å². The summed E-state index contributed by atoms with van der Waals surface area (Å²) in [5, 5.41) is 0. The minimum atomic E-state index is 0.172. The molecule has 2 aliphatic carbocycles. The first-order valence-electron chi connectivity index (χ1n) is 6.30. The zero-order valence-corrected chi connectivity index (χ0v) is 9.08. The largest absolute Gasteiger partial charge is 0.299 e. The van der Waals surface area contributed by atoms with Crippen LogP contribution in [0.2, 0.25) is 0 Å². The zero-order chi connectivity index (χ0) is 10.3. The Morgan fingerprint density at radius 1 is 1.13 bits per heavy atom. The summed E-state index contributed by atoms with van der Waals surface area (Å²) in [6.45, 7) is 0. The van der Waals surface area contributed by atoms with Gasteiger partial charge in [-0.15, -0.1) is 0 Å². The van der Waals surface area contributed by atoms with Crippen LogP contribution in [-0.4, -0.2) is 17.9 Å². The van der Waals surface area contributed by atoms with Gasteiger partial charge >= 0.3 is 0 Å². The highest BCUT2D eigenvalue weighted by molar-refractivity contribution is 5.82. The lowest BCUT2D eigenvalue weighted by molar-refractivity contribution is -0.172. The quantitative estimate of drug-likeness (QED) is 0.661. The summed E-state index contributed by atoms with van der Waals surface area (Å²) in [5.41, 5.74) is 3.19. The molecule has 84 valence electrons. The van der Waals surface area contributed by atoms with Crippen LogP contribution in [0.3, 0.4) is 0 Å². The molecule has 3 nitrogen and oxygen atoms in total. The highest BCUT2D eigenvalue weighted by Crippen LogP contribution is 2.40. The van der Waals surface area contributed by atoms with E-state index in [9.17, 15) is 4.79 Å². The van der Waals surface area contributed by atoms with E-state index in [1.807, 2.05) is 0 Å². The standard InChI is InChI=1S/C12H19NO2/c14-10-6-3-7-11-12(10)8-4-1-2-5-9(8)13-15-11/h8-9,11-13H,1-7H2. The molecule has 0 aromatic rings. The maximum absolute atomic E-state index is 12.0. The predicted octanol–water partition coefficient (Wildman–Crippen LogP) is 1.82. The van der Waals surface area contributed by atoms with Gasteiger partial charge in [-0.1, -0.05) is 12.8 Å². The van der Waals surface area contributed by atoms with E-state index in [0.29, 0.717) is 17.7 Å². The SMILES string of the molecule is O=C1CCCC2ONC3CCCCC3C12. The smallest absolute Gasteiger partial charge is 0.138 e. The molecule has 0 radical (unpaired) electrons. The molecule has 3 heteroatoms. The molecule has 0 bridgehead atoms. The average Bonchev–Trinajstić information content (AvgIpc) is 2.29. The lowest BCUT2D eigenvalue weighted by Crippen LogP contribution is -2.56. The van der Waals surface area contributed by atoms with Crippen molar-refractivity contribution in [1.29, 1.82) is 0 Å². The summed E-state index contributed by atoms with van der Waals surface area (Å²) in [4.78, 5) is 17.6. The Bertz CT molecular complexity index is 266. The molecule has 1 heterocycles. The van der Waals surface area contributed by atoms with Crippen molar-refractivity contribution in [3.63, 3.8) is 0 Å². The number of carbonyl (C=O) groups excluding carboxylic acids is 1. The molecule has 3 rings (SSSR count). The number of ketones is 1. The van der Waals surface area contributed by atoms with Crippen molar-refractivity contribution >= 4 is 5.78 Å². The lowest BCUT2D eigenvalue weighted by Gasteiger charge is -2.46. The van der Waals surface area contributed by atoms with Crippen LogP contribution >= 0.6 is 0 Å². The number of Topliss-reactive ketones (excluding diaryl/α,β-unsaturated/α-hetero) is 1. The number of hydroxylamine groups is 1. The first-order valence-corrected chi connectivity index (χ1v) is 6.30. The highest BCUT2D eigenvalue weighted by atomic mass is 16.7. The first kappa shape index (κ1) is 9.79. The molecule has 4 atom stereocenters. The molecular formula is C12H19NO2. The Morgan fingerprint density at radius 2 is 2.00 bits per heavy atom. The predicted molar refractivity (Wildman–Crippen MR) is 56.1 cm³/mol. The van der Waals surface area contributed by atoms with Gasteiger partial charge < -0.3 is 0 Å². The van der Waals surface area contributed by atoms with Gasteiger partial charge in [-0.2, -0.15) is 5.48 Å². The van der Waals surface area contributed by atoms with Crippen LogP contribution in [0.5, 0.6) is 0 Å². The summed E-state index contributed by atoms with van der Waals surface area (Å²) in [7, 11) is 0. The summed E-state index contributed by atoms with van der Waals surface area (Å²) >= 11 is 0. The number of hydrogen-bond acceptors (Lipinski definition) is 3. The summed E-state index contributed by atoms with van der Waals surface area (Å²) < 4.78 is 0. The van der Waals surface area contributed by atoms with Crippen LogP contribution in [-0.2, 0) is 9.63 Å². The van der Waals surface area contributed by atoms with Gasteiger partial charge in [0.1, 0.15) is 5.78 Å². The van der Waals surface area contributed by atoms with Crippen molar-refractivity contribution in [1.82, 2.24) is 5.48 Å². The number of carbonyl (C=O) groups is 1. The Kier molecular flexibility index (Phi) is 2.53. The van der Waals surface area contributed by atoms with Gasteiger partial charge in [0.05, 0.1) is 12.0 Å². The van der Waals surface area contributed by atoms with Gasteiger partial charge in [0.15, 0.2) is 0 Å². The molecule has 1 saturated heterocycles. The molecule has 4 unspecified atom stereocenters. The lowest BCUT2D eigenvalue weighted by atomic mass is 9.68. The molecule has 1 aliphatic heterocycles. The van der Waals surface area contributed by atoms with Gasteiger partial charge in [-0.3, -0.25) is 9.63 Å². The van der Waals surface area contributed by atoms with Crippen LogP contribution < -0.4 is 5.48 Å². The van der Waals surface area contributed by atoms with Crippen LogP contribution in [0.25, 0.3) is 0 Å². The van der Waals surface area contributed by atoms with E-state index in [0.717, 1.165) is 19.3 Å². The number of hydrogen-bond donors (Lipinski definition) is 1. The molecule has 0 amide bonds. The van der Waals surface area contributed by atoms with Gasteiger partial charge in [-0.25, -0.2) is 0 Å². The molecule has 0 aromatic carbocycles. The normalized spacial score (nSPS) is 45.7. The maximum Gasteiger partial charge on any atom is 0.138 e. The fraction of sp³-hybridized carbons (Fsp3) is 0.917.